The van der Waals surface area contributed by atoms with Crippen molar-refractivity contribution in [3.8, 4) is 17.2 Å². The van der Waals surface area contributed by atoms with Gasteiger partial charge in [-0.15, -0.1) is 0 Å². The molecule has 0 aliphatic heterocycles. The number of ether oxygens (including phenoxy) is 3. The van der Waals surface area contributed by atoms with Crippen LogP contribution in [0.4, 0.5) is 5.69 Å². The molecule has 2 aromatic rings. The van der Waals surface area contributed by atoms with Gasteiger partial charge in [-0.3, -0.25) is 9.52 Å². The Morgan fingerprint density at radius 1 is 0.963 bits per heavy atom. The first kappa shape index (κ1) is 20.4. The Balaban J connectivity index is 2.45. The molecular weight excluding hydrogens is 372 g/mol. The Morgan fingerprint density at radius 2 is 1.63 bits per heavy atom. The molecule has 8 nitrogen and oxygen atoms in total. The quantitative estimate of drug-likeness (QED) is 0.712. The van der Waals surface area contributed by atoms with Crippen molar-refractivity contribution in [3.63, 3.8) is 0 Å². The van der Waals surface area contributed by atoms with Crippen molar-refractivity contribution in [3.05, 3.63) is 42.0 Å². The molecular formula is C18H22N2O6S. The fourth-order valence-corrected chi connectivity index (χ4v) is 3.47. The molecule has 0 radical (unpaired) electrons. The highest BCUT2D eigenvalue weighted by Gasteiger charge is 2.21. The lowest BCUT2D eigenvalue weighted by Crippen LogP contribution is -2.24. The standard InChI is InChI=1S/C18H22N2O6S/c1-5-19-18(21)14-11-13(7-9-16(14)25-3)27(22,23)20-15-10-12(24-2)6-8-17(15)26-4/h6-11,20H,5H2,1-4H3,(H,19,21). The molecule has 0 unspecified atom stereocenters. The fourth-order valence-electron chi connectivity index (χ4n) is 2.38. The van der Waals surface area contributed by atoms with Crippen molar-refractivity contribution in [2.24, 2.45) is 0 Å². The van der Waals surface area contributed by atoms with Crippen LogP contribution < -0.4 is 24.2 Å². The minimum absolute atomic E-state index is 0.0885. The Kier molecular flexibility index (Phi) is 6.51. The first-order valence-corrected chi connectivity index (χ1v) is 9.55. The second-order valence-electron chi connectivity index (χ2n) is 5.39. The number of hydrogen-bond acceptors (Lipinski definition) is 6. The zero-order chi connectivity index (χ0) is 20.0. The summed E-state index contributed by atoms with van der Waals surface area (Å²) in [5.74, 6) is 0.646. The number of benzene rings is 2. The van der Waals surface area contributed by atoms with E-state index in [4.69, 9.17) is 14.2 Å². The van der Waals surface area contributed by atoms with Crippen LogP contribution in [0.1, 0.15) is 17.3 Å². The van der Waals surface area contributed by atoms with E-state index in [1.54, 1.807) is 19.1 Å². The number of hydrogen-bond donors (Lipinski definition) is 2. The van der Waals surface area contributed by atoms with Crippen LogP contribution in [-0.2, 0) is 10.0 Å². The van der Waals surface area contributed by atoms with Crippen molar-refractivity contribution in [1.82, 2.24) is 5.32 Å². The Morgan fingerprint density at radius 3 is 2.22 bits per heavy atom. The molecule has 2 rings (SSSR count). The van der Waals surface area contributed by atoms with Crippen LogP contribution in [0.2, 0.25) is 0 Å². The smallest absolute Gasteiger partial charge is 0.262 e. The maximum absolute atomic E-state index is 12.8. The van der Waals surface area contributed by atoms with Gasteiger partial charge in [0.1, 0.15) is 17.2 Å². The fraction of sp³-hybridized carbons (Fsp3) is 0.278. The Labute approximate surface area is 158 Å². The highest BCUT2D eigenvalue weighted by atomic mass is 32.2. The molecule has 0 atom stereocenters. The normalized spacial score (nSPS) is 10.8. The molecule has 2 aromatic carbocycles. The third kappa shape index (κ3) is 4.62. The largest absolute Gasteiger partial charge is 0.497 e. The SMILES string of the molecule is CCNC(=O)c1cc(S(=O)(=O)Nc2cc(OC)ccc2OC)ccc1OC. The number of methoxy groups -OCH3 is 3. The van der Waals surface area contributed by atoms with Crippen LogP contribution in [0.25, 0.3) is 0 Å². The number of nitrogens with one attached hydrogen (secondary N) is 2. The van der Waals surface area contributed by atoms with E-state index in [-0.39, 0.29) is 21.9 Å². The van der Waals surface area contributed by atoms with Gasteiger partial charge in [0.15, 0.2) is 0 Å². The minimum atomic E-state index is -3.99. The van der Waals surface area contributed by atoms with Crippen LogP contribution in [0.15, 0.2) is 41.3 Å². The van der Waals surface area contributed by atoms with Gasteiger partial charge >= 0.3 is 0 Å². The second-order valence-corrected chi connectivity index (χ2v) is 7.08. The van der Waals surface area contributed by atoms with Crippen molar-refractivity contribution < 1.29 is 27.4 Å². The molecule has 1 amide bonds. The summed E-state index contributed by atoms with van der Waals surface area (Å²) in [5.41, 5.74) is 0.340. The first-order valence-electron chi connectivity index (χ1n) is 8.07. The van der Waals surface area contributed by atoms with E-state index in [1.807, 2.05) is 0 Å². The summed E-state index contributed by atoms with van der Waals surface area (Å²) in [6.07, 6.45) is 0. The van der Waals surface area contributed by atoms with Crippen molar-refractivity contribution in [2.75, 3.05) is 32.6 Å². The Bertz CT molecular complexity index is 927. The van der Waals surface area contributed by atoms with Crippen molar-refractivity contribution in [2.45, 2.75) is 11.8 Å². The molecule has 0 heterocycles. The summed E-state index contributed by atoms with van der Waals surface area (Å²) >= 11 is 0. The summed E-state index contributed by atoms with van der Waals surface area (Å²) in [4.78, 5) is 12.1. The third-order valence-electron chi connectivity index (χ3n) is 3.71. The van der Waals surface area contributed by atoms with Gasteiger partial charge in [0, 0.05) is 12.6 Å². The second kappa shape index (κ2) is 8.63. The van der Waals surface area contributed by atoms with Gasteiger partial charge in [-0.05, 0) is 37.3 Å². The molecule has 0 fully saturated rings. The number of sulfonamides is 1. The van der Waals surface area contributed by atoms with Gasteiger partial charge < -0.3 is 19.5 Å². The summed E-state index contributed by atoms with van der Waals surface area (Å²) in [6.45, 7) is 2.17. The number of carbonyl (C=O) groups is 1. The molecule has 9 heteroatoms. The van der Waals surface area contributed by atoms with E-state index in [2.05, 4.69) is 10.0 Å². The van der Waals surface area contributed by atoms with Crippen molar-refractivity contribution >= 4 is 21.6 Å². The molecule has 0 spiro atoms. The average Bonchev–Trinajstić information content (AvgIpc) is 2.67. The maximum Gasteiger partial charge on any atom is 0.262 e. The van der Waals surface area contributed by atoms with Gasteiger partial charge in [0.2, 0.25) is 0 Å². The lowest BCUT2D eigenvalue weighted by atomic mass is 10.2. The van der Waals surface area contributed by atoms with E-state index in [1.165, 1.54) is 45.6 Å². The molecule has 2 N–H and O–H groups in total. The molecule has 0 aromatic heterocycles. The number of amides is 1. The molecule has 27 heavy (non-hydrogen) atoms. The summed E-state index contributed by atoms with van der Waals surface area (Å²) in [7, 11) is 0.325. The van der Waals surface area contributed by atoms with E-state index in [0.717, 1.165) is 0 Å². The molecule has 0 saturated heterocycles. The minimum Gasteiger partial charge on any atom is -0.497 e. The zero-order valence-corrected chi connectivity index (χ0v) is 16.3. The van der Waals surface area contributed by atoms with Crippen LogP contribution >= 0.6 is 0 Å². The molecule has 0 bridgehead atoms. The van der Waals surface area contributed by atoms with Crippen LogP contribution in [0, 0.1) is 0 Å². The zero-order valence-electron chi connectivity index (χ0n) is 15.5. The molecule has 0 aliphatic rings. The average molecular weight is 394 g/mol. The van der Waals surface area contributed by atoms with E-state index in [0.29, 0.717) is 18.0 Å². The van der Waals surface area contributed by atoms with Gasteiger partial charge in [0.25, 0.3) is 15.9 Å². The van der Waals surface area contributed by atoms with Crippen LogP contribution in [-0.4, -0.2) is 42.2 Å². The summed E-state index contributed by atoms with van der Waals surface area (Å²) in [6, 6.07) is 8.80. The maximum atomic E-state index is 12.8. The first-order chi connectivity index (χ1) is 12.9. The molecule has 0 saturated carbocycles. The Hall–Kier alpha value is -2.94. The van der Waals surface area contributed by atoms with Gasteiger partial charge in [0.05, 0.1) is 37.5 Å². The highest BCUT2D eigenvalue weighted by molar-refractivity contribution is 7.92. The van der Waals surface area contributed by atoms with Gasteiger partial charge in [-0.25, -0.2) is 8.42 Å². The summed E-state index contributed by atoms with van der Waals surface area (Å²) in [5, 5.41) is 2.63. The number of anilines is 1. The number of rotatable bonds is 8. The van der Waals surface area contributed by atoms with E-state index < -0.39 is 15.9 Å². The summed E-state index contributed by atoms with van der Waals surface area (Å²) < 4.78 is 43.6. The van der Waals surface area contributed by atoms with Crippen molar-refractivity contribution in [1.29, 1.82) is 0 Å². The monoisotopic (exact) mass is 394 g/mol. The number of carbonyl (C=O) groups excluding carboxylic acids is 1. The molecule has 0 aliphatic carbocycles. The van der Waals surface area contributed by atoms with E-state index >= 15 is 0 Å². The molecule has 146 valence electrons. The lowest BCUT2D eigenvalue weighted by Gasteiger charge is -2.14. The predicted octanol–water partition coefficient (Wildman–Crippen LogP) is 2.26. The van der Waals surface area contributed by atoms with Gasteiger partial charge in [-0.1, -0.05) is 0 Å². The third-order valence-corrected chi connectivity index (χ3v) is 5.08. The van der Waals surface area contributed by atoms with Gasteiger partial charge in [-0.2, -0.15) is 0 Å². The van der Waals surface area contributed by atoms with Crippen LogP contribution in [0.3, 0.4) is 0 Å². The topological polar surface area (TPSA) is 103 Å². The lowest BCUT2D eigenvalue weighted by molar-refractivity contribution is 0.0952. The highest BCUT2D eigenvalue weighted by Crippen LogP contribution is 2.31. The van der Waals surface area contributed by atoms with E-state index in [9.17, 15) is 13.2 Å². The van der Waals surface area contributed by atoms with Crippen LogP contribution in [0.5, 0.6) is 17.2 Å². The predicted molar refractivity (Wildman–Crippen MR) is 101 cm³/mol.